The summed E-state index contributed by atoms with van der Waals surface area (Å²) in [5, 5.41) is 0. The zero-order valence-electron chi connectivity index (χ0n) is 6.91. The fourth-order valence-electron chi connectivity index (χ4n) is 0.769. The Kier molecular flexibility index (Phi) is 3.02. The second-order valence-electron chi connectivity index (χ2n) is 2.12. The van der Waals surface area contributed by atoms with E-state index >= 15 is 0 Å². The van der Waals surface area contributed by atoms with E-state index in [2.05, 4.69) is 12.1 Å². The molecule has 0 aromatic heterocycles. The van der Waals surface area contributed by atoms with Crippen molar-refractivity contribution in [2.45, 2.75) is 0 Å². The molecule has 0 fully saturated rings. The van der Waals surface area contributed by atoms with Gasteiger partial charge in [0.1, 0.15) is 12.0 Å². The third-order valence-corrected chi connectivity index (χ3v) is 1.35. The molecule has 0 aliphatic heterocycles. The van der Waals surface area contributed by atoms with Crippen LogP contribution in [0.1, 0.15) is 0 Å². The standard InChI is InChI=1S/C9H11NO2/c1-3-12-10-8-4-6-9(11-2)7-5-8/h3-7,10H,1H2,2H3. The molecule has 0 unspecified atom stereocenters. The number of ether oxygens (including phenoxy) is 1. The van der Waals surface area contributed by atoms with Crippen LogP contribution in [0.5, 0.6) is 5.75 Å². The van der Waals surface area contributed by atoms with Gasteiger partial charge < -0.3 is 9.57 Å². The Balaban J connectivity index is 2.58. The second-order valence-corrected chi connectivity index (χ2v) is 2.12. The second kappa shape index (κ2) is 4.28. The number of hydrogen-bond donors (Lipinski definition) is 1. The number of methoxy groups -OCH3 is 1. The van der Waals surface area contributed by atoms with Gasteiger partial charge in [0.2, 0.25) is 0 Å². The molecule has 3 nitrogen and oxygen atoms in total. The van der Waals surface area contributed by atoms with Gasteiger partial charge in [-0.15, -0.1) is 0 Å². The van der Waals surface area contributed by atoms with Gasteiger partial charge in [0, 0.05) is 0 Å². The Bertz CT molecular complexity index is 243. The van der Waals surface area contributed by atoms with E-state index in [0.29, 0.717) is 0 Å². The largest absolute Gasteiger partial charge is 0.497 e. The van der Waals surface area contributed by atoms with E-state index < -0.39 is 0 Å². The summed E-state index contributed by atoms with van der Waals surface area (Å²) in [6.45, 7) is 3.40. The van der Waals surface area contributed by atoms with E-state index in [0.717, 1.165) is 11.4 Å². The molecule has 0 aliphatic rings. The quantitative estimate of drug-likeness (QED) is 0.548. The summed E-state index contributed by atoms with van der Waals surface area (Å²) in [5.74, 6) is 0.819. The smallest absolute Gasteiger partial charge is 0.119 e. The van der Waals surface area contributed by atoms with E-state index in [1.54, 1.807) is 7.11 Å². The first-order valence-corrected chi connectivity index (χ1v) is 3.53. The Morgan fingerprint density at radius 1 is 1.33 bits per heavy atom. The summed E-state index contributed by atoms with van der Waals surface area (Å²) in [6, 6.07) is 7.38. The topological polar surface area (TPSA) is 30.5 Å². The molecule has 0 radical (unpaired) electrons. The summed E-state index contributed by atoms with van der Waals surface area (Å²) in [7, 11) is 1.63. The average molecular weight is 165 g/mol. The summed E-state index contributed by atoms with van der Waals surface area (Å²) >= 11 is 0. The molecule has 3 heteroatoms. The van der Waals surface area contributed by atoms with Crippen LogP contribution in [-0.2, 0) is 4.84 Å². The van der Waals surface area contributed by atoms with Crippen molar-refractivity contribution >= 4 is 5.69 Å². The first kappa shape index (κ1) is 8.46. The molecule has 0 heterocycles. The van der Waals surface area contributed by atoms with Gasteiger partial charge in [-0.2, -0.15) is 0 Å². The maximum Gasteiger partial charge on any atom is 0.119 e. The van der Waals surface area contributed by atoms with Crippen molar-refractivity contribution in [3.8, 4) is 5.75 Å². The number of anilines is 1. The monoisotopic (exact) mass is 165 g/mol. The van der Waals surface area contributed by atoms with Crippen LogP contribution in [0.15, 0.2) is 37.1 Å². The Morgan fingerprint density at radius 3 is 2.50 bits per heavy atom. The molecule has 1 aromatic carbocycles. The molecule has 0 saturated carbocycles. The van der Waals surface area contributed by atoms with E-state index in [1.807, 2.05) is 24.3 Å². The highest BCUT2D eigenvalue weighted by atomic mass is 16.6. The fourth-order valence-corrected chi connectivity index (χ4v) is 0.769. The lowest BCUT2D eigenvalue weighted by atomic mass is 10.3. The minimum absolute atomic E-state index is 0.819. The molecular weight excluding hydrogens is 154 g/mol. The van der Waals surface area contributed by atoms with Crippen LogP contribution in [0.2, 0.25) is 0 Å². The molecule has 0 bridgehead atoms. The van der Waals surface area contributed by atoms with Crippen LogP contribution < -0.4 is 10.2 Å². The highest BCUT2D eigenvalue weighted by molar-refractivity contribution is 5.44. The maximum atomic E-state index is 4.98. The van der Waals surface area contributed by atoms with Gasteiger partial charge in [-0.25, -0.2) is 5.48 Å². The first-order chi connectivity index (χ1) is 5.86. The fraction of sp³-hybridized carbons (Fsp3) is 0.111. The maximum absolute atomic E-state index is 4.98. The van der Waals surface area contributed by atoms with Crippen LogP contribution >= 0.6 is 0 Å². The molecule has 1 aromatic rings. The van der Waals surface area contributed by atoms with Crippen molar-refractivity contribution in [2.24, 2.45) is 0 Å². The molecular formula is C9H11NO2. The Labute approximate surface area is 71.6 Å². The van der Waals surface area contributed by atoms with Gasteiger partial charge in [0.25, 0.3) is 0 Å². The van der Waals surface area contributed by atoms with Crippen molar-refractivity contribution in [1.82, 2.24) is 0 Å². The summed E-state index contributed by atoms with van der Waals surface area (Å²) < 4.78 is 4.98. The van der Waals surface area contributed by atoms with Crippen molar-refractivity contribution in [3.63, 3.8) is 0 Å². The molecule has 0 amide bonds. The van der Waals surface area contributed by atoms with Crippen molar-refractivity contribution in [3.05, 3.63) is 37.1 Å². The lowest BCUT2D eigenvalue weighted by Crippen LogP contribution is -1.93. The number of hydrogen-bond acceptors (Lipinski definition) is 3. The van der Waals surface area contributed by atoms with Crippen LogP contribution in [0.25, 0.3) is 0 Å². The zero-order chi connectivity index (χ0) is 8.81. The zero-order valence-corrected chi connectivity index (χ0v) is 6.91. The molecule has 0 atom stereocenters. The minimum atomic E-state index is 0.819. The van der Waals surface area contributed by atoms with Crippen molar-refractivity contribution < 1.29 is 9.57 Å². The van der Waals surface area contributed by atoms with Crippen LogP contribution in [0.4, 0.5) is 5.69 Å². The van der Waals surface area contributed by atoms with E-state index in [9.17, 15) is 0 Å². The van der Waals surface area contributed by atoms with Crippen LogP contribution in [-0.4, -0.2) is 7.11 Å². The molecule has 12 heavy (non-hydrogen) atoms. The van der Waals surface area contributed by atoms with Crippen molar-refractivity contribution in [2.75, 3.05) is 12.6 Å². The SMILES string of the molecule is C=CONc1ccc(OC)cc1. The third-order valence-electron chi connectivity index (χ3n) is 1.35. The predicted octanol–water partition coefficient (Wildman–Crippen LogP) is 2.18. The predicted molar refractivity (Wildman–Crippen MR) is 47.9 cm³/mol. The van der Waals surface area contributed by atoms with Gasteiger partial charge in [-0.05, 0) is 24.3 Å². The van der Waals surface area contributed by atoms with Gasteiger partial charge in [-0.1, -0.05) is 6.58 Å². The lowest BCUT2D eigenvalue weighted by molar-refractivity contribution is 0.331. The molecule has 0 aliphatic carbocycles. The van der Waals surface area contributed by atoms with E-state index in [-0.39, 0.29) is 0 Å². The van der Waals surface area contributed by atoms with Crippen LogP contribution in [0.3, 0.4) is 0 Å². The summed E-state index contributed by atoms with van der Waals surface area (Å²) in [5.41, 5.74) is 3.53. The highest BCUT2D eigenvalue weighted by Gasteiger charge is 1.91. The van der Waals surface area contributed by atoms with Crippen molar-refractivity contribution in [1.29, 1.82) is 0 Å². The molecule has 1 N–H and O–H groups in total. The minimum Gasteiger partial charge on any atom is -0.497 e. The van der Waals surface area contributed by atoms with Gasteiger partial charge in [0.15, 0.2) is 0 Å². The average Bonchev–Trinajstić information content (AvgIpc) is 2.15. The van der Waals surface area contributed by atoms with Gasteiger partial charge >= 0.3 is 0 Å². The molecule has 1 rings (SSSR count). The normalized spacial score (nSPS) is 8.75. The number of nitrogens with one attached hydrogen (secondary N) is 1. The molecule has 0 spiro atoms. The third kappa shape index (κ3) is 2.20. The number of rotatable bonds is 4. The Morgan fingerprint density at radius 2 is 2.00 bits per heavy atom. The van der Waals surface area contributed by atoms with E-state index in [1.165, 1.54) is 6.26 Å². The van der Waals surface area contributed by atoms with Crippen LogP contribution in [0, 0.1) is 0 Å². The van der Waals surface area contributed by atoms with Gasteiger partial charge in [0.05, 0.1) is 12.8 Å². The number of benzene rings is 1. The summed E-state index contributed by atoms with van der Waals surface area (Å²) in [6.07, 6.45) is 1.32. The lowest BCUT2D eigenvalue weighted by Gasteiger charge is -2.04. The Hall–Kier alpha value is -1.64. The van der Waals surface area contributed by atoms with Gasteiger partial charge in [-0.3, -0.25) is 0 Å². The van der Waals surface area contributed by atoms with E-state index in [4.69, 9.17) is 9.57 Å². The highest BCUT2D eigenvalue weighted by Crippen LogP contribution is 2.14. The first-order valence-electron chi connectivity index (χ1n) is 3.53. The summed E-state index contributed by atoms with van der Waals surface area (Å²) in [4.78, 5) is 4.77. The molecule has 64 valence electrons. The molecule has 0 saturated heterocycles.